The second kappa shape index (κ2) is 6.23. The summed E-state index contributed by atoms with van der Waals surface area (Å²) < 4.78 is 0. The zero-order valence-corrected chi connectivity index (χ0v) is 10.4. The number of anilines is 1. The molecule has 19 heavy (non-hydrogen) atoms. The van der Waals surface area contributed by atoms with E-state index in [2.05, 4.69) is 17.5 Å². The van der Waals surface area contributed by atoms with Gasteiger partial charge in [0.2, 0.25) is 0 Å². The molecule has 0 heterocycles. The molecule has 0 spiro atoms. The molecule has 1 atom stereocenters. The molecule has 92 valence electrons. The first kappa shape index (κ1) is 12.7. The summed E-state index contributed by atoms with van der Waals surface area (Å²) in [6, 6.07) is 21.3. The first-order valence-electron chi connectivity index (χ1n) is 6.02. The molecule has 0 bridgehead atoms. The van der Waals surface area contributed by atoms with Crippen LogP contribution in [0.2, 0.25) is 0 Å². The first-order valence-corrected chi connectivity index (χ1v) is 6.02. The fraction of sp³-hybridized carbons (Fsp3) is 0.125. The number of nitrogens with zero attached hydrogens (tertiary/aromatic N) is 2. The van der Waals surface area contributed by atoms with E-state index in [1.165, 1.54) is 0 Å². The molecule has 1 unspecified atom stereocenters. The van der Waals surface area contributed by atoms with Crippen LogP contribution in [-0.4, -0.2) is 0 Å². The summed E-state index contributed by atoms with van der Waals surface area (Å²) in [7, 11) is 0. The predicted octanol–water partition coefficient (Wildman–Crippen LogP) is 3.63. The lowest BCUT2D eigenvalue weighted by molar-refractivity contribution is 0.806. The van der Waals surface area contributed by atoms with Gasteiger partial charge in [0.05, 0.1) is 30.2 Å². The molecule has 0 amide bonds. The van der Waals surface area contributed by atoms with Crippen molar-refractivity contribution < 1.29 is 0 Å². The van der Waals surface area contributed by atoms with Crippen LogP contribution in [0, 0.1) is 22.7 Å². The molecule has 2 rings (SSSR count). The maximum atomic E-state index is 8.93. The van der Waals surface area contributed by atoms with Crippen LogP contribution in [0.1, 0.15) is 23.6 Å². The van der Waals surface area contributed by atoms with E-state index < -0.39 is 0 Å². The molecular weight excluding hydrogens is 234 g/mol. The minimum Gasteiger partial charge on any atom is -0.377 e. The summed E-state index contributed by atoms with van der Waals surface area (Å²) in [5.41, 5.74) is 2.52. The zero-order chi connectivity index (χ0) is 13.5. The Bertz CT molecular complexity index is 620. The van der Waals surface area contributed by atoms with Gasteiger partial charge >= 0.3 is 0 Å². The van der Waals surface area contributed by atoms with E-state index in [1.54, 1.807) is 12.1 Å². The Morgan fingerprint density at radius 1 is 1.00 bits per heavy atom. The van der Waals surface area contributed by atoms with Crippen LogP contribution >= 0.6 is 0 Å². The van der Waals surface area contributed by atoms with Crippen molar-refractivity contribution in [3.63, 3.8) is 0 Å². The van der Waals surface area contributed by atoms with Crippen molar-refractivity contribution in [2.75, 3.05) is 5.32 Å². The van der Waals surface area contributed by atoms with Gasteiger partial charge in [-0.2, -0.15) is 10.5 Å². The van der Waals surface area contributed by atoms with Crippen LogP contribution in [0.25, 0.3) is 0 Å². The Morgan fingerprint density at radius 3 is 2.47 bits per heavy atom. The fourth-order valence-corrected chi connectivity index (χ4v) is 1.91. The quantitative estimate of drug-likeness (QED) is 0.897. The molecule has 3 heteroatoms. The molecular formula is C16H13N3. The summed E-state index contributed by atoms with van der Waals surface area (Å²) in [5, 5.41) is 21.1. The highest BCUT2D eigenvalue weighted by Gasteiger charge is 2.10. The normalized spacial score (nSPS) is 11.1. The van der Waals surface area contributed by atoms with Crippen LogP contribution in [0.4, 0.5) is 5.69 Å². The maximum absolute atomic E-state index is 8.93. The third-order valence-corrected chi connectivity index (χ3v) is 2.83. The van der Waals surface area contributed by atoms with Gasteiger partial charge in [-0.25, -0.2) is 0 Å². The number of nitrogens with one attached hydrogen (secondary N) is 1. The molecule has 2 aromatic rings. The van der Waals surface area contributed by atoms with Crippen molar-refractivity contribution in [2.45, 2.75) is 12.5 Å². The van der Waals surface area contributed by atoms with Gasteiger partial charge in [-0.05, 0) is 23.8 Å². The number of hydrogen-bond donors (Lipinski definition) is 1. The topological polar surface area (TPSA) is 59.6 Å². The number of nitriles is 2. The highest BCUT2D eigenvalue weighted by molar-refractivity contribution is 5.50. The van der Waals surface area contributed by atoms with Gasteiger partial charge in [0, 0.05) is 5.69 Å². The predicted molar refractivity (Wildman–Crippen MR) is 74.2 cm³/mol. The minimum atomic E-state index is -0.0693. The van der Waals surface area contributed by atoms with Crippen LogP contribution < -0.4 is 5.32 Å². The van der Waals surface area contributed by atoms with Gasteiger partial charge in [0.15, 0.2) is 0 Å². The Hall–Kier alpha value is -2.78. The molecule has 0 fully saturated rings. The number of hydrogen-bond acceptors (Lipinski definition) is 3. The van der Waals surface area contributed by atoms with Crippen LogP contribution in [0.5, 0.6) is 0 Å². The largest absolute Gasteiger partial charge is 0.377 e. The number of rotatable bonds is 4. The van der Waals surface area contributed by atoms with Gasteiger partial charge in [-0.15, -0.1) is 0 Å². The molecule has 0 radical (unpaired) electrons. The van der Waals surface area contributed by atoms with E-state index in [9.17, 15) is 0 Å². The molecule has 2 aromatic carbocycles. The van der Waals surface area contributed by atoms with E-state index in [1.807, 2.05) is 42.5 Å². The highest BCUT2D eigenvalue weighted by atomic mass is 14.9. The van der Waals surface area contributed by atoms with Crippen molar-refractivity contribution in [1.29, 1.82) is 10.5 Å². The first-order chi connectivity index (χ1) is 9.33. The van der Waals surface area contributed by atoms with E-state index in [4.69, 9.17) is 10.5 Å². The summed E-state index contributed by atoms with van der Waals surface area (Å²) in [5.74, 6) is 0. The van der Waals surface area contributed by atoms with E-state index in [0.29, 0.717) is 12.0 Å². The van der Waals surface area contributed by atoms with Gasteiger partial charge < -0.3 is 5.32 Å². The lowest BCUT2D eigenvalue weighted by atomic mass is 10.0. The SMILES string of the molecule is N#CCC(Nc1cccc(C#N)c1)c1ccccc1. The average molecular weight is 247 g/mol. The van der Waals surface area contributed by atoms with E-state index >= 15 is 0 Å². The molecule has 3 nitrogen and oxygen atoms in total. The van der Waals surface area contributed by atoms with Crippen molar-refractivity contribution in [3.8, 4) is 12.1 Å². The Morgan fingerprint density at radius 2 is 1.79 bits per heavy atom. The standard InChI is InChI=1S/C16H13N3/c17-10-9-16(14-6-2-1-3-7-14)19-15-8-4-5-13(11-15)12-18/h1-8,11,16,19H,9H2. The third-order valence-electron chi connectivity index (χ3n) is 2.83. The van der Waals surface area contributed by atoms with Crippen LogP contribution in [-0.2, 0) is 0 Å². The summed E-state index contributed by atoms with van der Waals surface area (Å²) >= 11 is 0. The second-order valence-electron chi connectivity index (χ2n) is 4.16. The minimum absolute atomic E-state index is 0.0693. The maximum Gasteiger partial charge on any atom is 0.0992 e. The Balaban J connectivity index is 2.22. The zero-order valence-electron chi connectivity index (χ0n) is 10.4. The fourth-order valence-electron chi connectivity index (χ4n) is 1.91. The van der Waals surface area contributed by atoms with Crippen molar-refractivity contribution in [1.82, 2.24) is 0 Å². The van der Waals surface area contributed by atoms with Crippen molar-refractivity contribution >= 4 is 5.69 Å². The monoisotopic (exact) mass is 247 g/mol. The molecule has 0 saturated heterocycles. The highest BCUT2D eigenvalue weighted by Crippen LogP contribution is 2.22. The molecule has 0 aliphatic rings. The van der Waals surface area contributed by atoms with Crippen molar-refractivity contribution in [2.24, 2.45) is 0 Å². The Labute approximate surface area is 112 Å². The molecule has 0 aromatic heterocycles. The summed E-state index contributed by atoms with van der Waals surface area (Å²) in [4.78, 5) is 0. The van der Waals surface area contributed by atoms with E-state index in [0.717, 1.165) is 11.3 Å². The average Bonchev–Trinajstić information content (AvgIpc) is 2.48. The van der Waals surface area contributed by atoms with Gasteiger partial charge in [0.25, 0.3) is 0 Å². The summed E-state index contributed by atoms with van der Waals surface area (Å²) in [6.45, 7) is 0. The lowest BCUT2D eigenvalue weighted by Gasteiger charge is -2.17. The second-order valence-corrected chi connectivity index (χ2v) is 4.16. The number of benzene rings is 2. The summed E-state index contributed by atoms with van der Waals surface area (Å²) in [6.07, 6.45) is 0.376. The van der Waals surface area contributed by atoms with Gasteiger partial charge in [0.1, 0.15) is 0 Å². The lowest BCUT2D eigenvalue weighted by Crippen LogP contribution is -2.10. The smallest absolute Gasteiger partial charge is 0.0992 e. The molecule has 0 saturated carbocycles. The van der Waals surface area contributed by atoms with Gasteiger partial charge in [-0.1, -0.05) is 36.4 Å². The molecule has 0 aliphatic heterocycles. The van der Waals surface area contributed by atoms with Gasteiger partial charge in [-0.3, -0.25) is 0 Å². The van der Waals surface area contributed by atoms with Crippen LogP contribution in [0.15, 0.2) is 54.6 Å². The van der Waals surface area contributed by atoms with Crippen molar-refractivity contribution in [3.05, 3.63) is 65.7 Å². The van der Waals surface area contributed by atoms with E-state index in [-0.39, 0.29) is 6.04 Å². The Kier molecular flexibility index (Phi) is 4.16. The molecule has 0 aliphatic carbocycles. The van der Waals surface area contributed by atoms with Crippen LogP contribution in [0.3, 0.4) is 0 Å². The molecule has 1 N–H and O–H groups in total. The third kappa shape index (κ3) is 3.34.